The van der Waals surface area contributed by atoms with E-state index in [4.69, 9.17) is 11.6 Å². The van der Waals surface area contributed by atoms with Gasteiger partial charge in [-0.15, -0.1) is 0 Å². The number of hydrogen-bond donors (Lipinski definition) is 1. The van der Waals surface area contributed by atoms with Gasteiger partial charge in [0.15, 0.2) is 5.82 Å². The molecular weight excluding hydrogens is 305 g/mol. The third-order valence-corrected chi connectivity index (χ3v) is 2.90. The first-order valence-corrected chi connectivity index (χ1v) is 5.86. The first kappa shape index (κ1) is 12.0. The lowest BCUT2D eigenvalue weighted by Crippen LogP contribution is -2.13. The number of hydrogen-bond acceptors (Lipinski definition) is 3. The molecule has 1 aromatic carbocycles. The molecule has 1 amide bonds. The lowest BCUT2D eigenvalue weighted by Gasteiger charge is -2.05. The first-order valence-electron chi connectivity index (χ1n) is 4.69. The van der Waals surface area contributed by atoms with Crippen LogP contribution in [0.1, 0.15) is 10.4 Å². The van der Waals surface area contributed by atoms with Crippen molar-refractivity contribution in [3.63, 3.8) is 0 Å². The minimum atomic E-state index is -0.292. The van der Waals surface area contributed by atoms with Crippen molar-refractivity contribution < 1.29 is 4.79 Å². The van der Waals surface area contributed by atoms with Crippen LogP contribution in [0.5, 0.6) is 0 Å². The second kappa shape index (κ2) is 5.25. The van der Waals surface area contributed by atoms with E-state index in [0.29, 0.717) is 20.9 Å². The fraction of sp³-hybridized carbons (Fsp3) is 0. The molecule has 0 saturated heterocycles. The number of carbonyl (C=O) groups is 1. The van der Waals surface area contributed by atoms with Gasteiger partial charge in [0.2, 0.25) is 0 Å². The molecule has 0 radical (unpaired) electrons. The summed E-state index contributed by atoms with van der Waals surface area (Å²) in [6, 6.07) is 5.00. The van der Waals surface area contributed by atoms with Crippen LogP contribution in [0, 0.1) is 0 Å². The molecule has 86 valence electrons. The van der Waals surface area contributed by atoms with Gasteiger partial charge in [-0.3, -0.25) is 9.78 Å². The standard InChI is InChI=1S/C11H7BrClN3O/c12-9-2-1-7(13)5-8(9)11(17)16-10-6-14-3-4-15-10/h1-6H,(H,15,16,17). The molecule has 0 aliphatic carbocycles. The predicted molar refractivity (Wildman–Crippen MR) is 69.1 cm³/mol. The van der Waals surface area contributed by atoms with Gasteiger partial charge in [-0.05, 0) is 34.1 Å². The Hall–Kier alpha value is -1.46. The molecule has 2 aromatic rings. The summed E-state index contributed by atoms with van der Waals surface area (Å²) in [7, 11) is 0. The van der Waals surface area contributed by atoms with E-state index >= 15 is 0 Å². The maximum absolute atomic E-state index is 11.9. The zero-order chi connectivity index (χ0) is 12.3. The van der Waals surface area contributed by atoms with Crippen LogP contribution >= 0.6 is 27.5 Å². The lowest BCUT2D eigenvalue weighted by atomic mass is 10.2. The highest BCUT2D eigenvalue weighted by Gasteiger charge is 2.11. The average Bonchev–Trinajstić information content (AvgIpc) is 2.33. The third-order valence-electron chi connectivity index (χ3n) is 1.98. The van der Waals surface area contributed by atoms with Crippen LogP contribution in [-0.4, -0.2) is 15.9 Å². The molecule has 0 fully saturated rings. The topological polar surface area (TPSA) is 54.9 Å². The van der Waals surface area contributed by atoms with Gasteiger partial charge in [0.05, 0.1) is 11.8 Å². The van der Waals surface area contributed by atoms with Crippen LogP contribution in [0.3, 0.4) is 0 Å². The average molecular weight is 313 g/mol. The number of aromatic nitrogens is 2. The minimum Gasteiger partial charge on any atom is -0.305 e. The van der Waals surface area contributed by atoms with E-state index in [0.717, 1.165) is 0 Å². The second-order valence-electron chi connectivity index (χ2n) is 3.17. The minimum absolute atomic E-state index is 0.292. The molecule has 0 saturated carbocycles. The number of anilines is 1. The smallest absolute Gasteiger partial charge is 0.258 e. The van der Waals surface area contributed by atoms with Gasteiger partial charge in [0.25, 0.3) is 5.91 Å². The Morgan fingerprint density at radius 3 is 2.88 bits per heavy atom. The highest BCUT2D eigenvalue weighted by Crippen LogP contribution is 2.21. The van der Waals surface area contributed by atoms with E-state index in [1.807, 2.05) is 0 Å². The van der Waals surface area contributed by atoms with Crippen LogP contribution in [0.2, 0.25) is 5.02 Å². The predicted octanol–water partition coefficient (Wildman–Crippen LogP) is 3.14. The van der Waals surface area contributed by atoms with Crippen LogP contribution in [-0.2, 0) is 0 Å². The fourth-order valence-corrected chi connectivity index (χ4v) is 1.82. The quantitative estimate of drug-likeness (QED) is 0.927. The Bertz CT molecular complexity index is 548. The SMILES string of the molecule is O=C(Nc1cnccn1)c1cc(Cl)ccc1Br. The summed E-state index contributed by atoms with van der Waals surface area (Å²) in [6.07, 6.45) is 4.50. The molecule has 1 heterocycles. The van der Waals surface area contributed by atoms with E-state index < -0.39 is 0 Å². The summed E-state index contributed by atoms with van der Waals surface area (Å²) in [5.41, 5.74) is 0.447. The molecule has 1 N–H and O–H groups in total. The zero-order valence-corrected chi connectivity index (χ0v) is 10.9. The van der Waals surface area contributed by atoms with E-state index in [9.17, 15) is 4.79 Å². The summed E-state index contributed by atoms with van der Waals surface area (Å²) in [5, 5.41) is 3.12. The van der Waals surface area contributed by atoms with Gasteiger partial charge in [0, 0.05) is 21.9 Å². The normalized spacial score (nSPS) is 10.0. The Morgan fingerprint density at radius 2 is 2.18 bits per heavy atom. The summed E-state index contributed by atoms with van der Waals surface area (Å²) in [5.74, 6) is 0.101. The van der Waals surface area contributed by atoms with Crippen LogP contribution in [0.4, 0.5) is 5.82 Å². The largest absolute Gasteiger partial charge is 0.305 e. The summed E-state index contributed by atoms with van der Waals surface area (Å²) in [6.45, 7) is 0. The molecule has 0 aliphatic heterocycles. The zero-order valence-electron chi connectivity index (χ0n) is 8.52. The van der Waals surface area contributed by atoms with Crippen molar-refractivity contribution in [3.05, 3.63) is 51.8 Å². The van der Waals surface area contributed by atoms with Crippen LogP contribution in [0.25, 0.3) is 0 Å². The monoisotopic (exact) mass is 311 g/mol. The molecule has 1 aromatic heterocycles. The number of rotatable bonds is 2. The summed E-state index contributed by atoms with van der Waals surface area (Å²) >= 11 is 9.12. The Labute approximate surface area is 111 Å². The molecule has 0 unspecified atom stereocenters. The number of halogens is 2. The Kier molecular flexibility index (Phi) is 3.71. The van der Waals surface area contributed by atoms with Gasteiger partial charge in [-0.1, -0.05) is 11.6 Å². The molecule has 0 aliphatic rings. The highest BCUT2D eigenvalue weighted by molar-refractivity contribution is 9.10. The van der Waals surface area contributed by atoms with Gasteiger partial charge in [-0.25, -0.2) is 4.98 Å². The molecule has 0 atom stereocenters. The van der Waals surface area contributed by atoms with Crippen molar-refractivity contribution in [2.24, 2.45) is 0 Å². The van der Waals surface area contributed by atoms with Crippen molar-refractivity contribution in [1.29, 1.82) is 0 Å². The van der Waals surface area contributed by atoms with Gasteiger partial charge >= 0.3 is 0 Å². The van der Waals surface area contributed by atoms with E-state index in [2.05, 4.69) is 31.2 Å². The molecular formula is C11H7BrClN3O. The van der Waals surface area contributed by atoms with Crippen molar-refractivity contribution in [2.75, 3.05) is 5.32 Å². The summed E-state index contributed by atoms with van der Waals surface area (Å²) < 4.78 is 0.670. The molecule has 17 heavy (non-hydrogen) atoms. The lowest BCUT2D eigenvalue weighted by molar-refractivity contribution is 0.102. The second-order valence-corrected chi connectivity index (χ2v) is 4.46. The highest BCUT2D eigenvalue weighted by atomic mass is 79.9. The van der Waals surface area contributed by atoms with Crippen molar-refractivity contribution in [2.45, 2.75) is 0 Å². The van der Waals surface area contributed by atoms with Crippen LogP contribution < -0.4 is 5.32 Å². The van der Waals surface area contributed by atoms with E-state index in [1.54, 1.807) is 18.2 Å². The molecule has 2 rings (SSSR count). The van der Waals surface area contributed by atoms with Crippen molar-refractivity contribution >= 4 is 39.3 Å². The van der Waals surface area contributed by atoms with Gasteiger partial charge in [0.1, 0.15) is 0 Å². The van der Waals surface area contributed by atoms with Gasteiger partial charge in [-0.2, -0.15) is 0 Å². The van der Waals surface area contributed by atoms with Crippen molar-refractivity contribution in [1.82, 2.24) is 9.97 Å². The number of carbonyl (C=O) groups excluding carboxylic acids is 1. The Morgan fingerprint density at radius 1 is 1.35 bits per heavy atom. The first-order chi connectivity index (χ1) is 8.16. The molecule has 0 spiro atoms. The molecule has 6 heteroatoms. The van der Waals surface area contributed by atoms with Crippen molar-refractivity contribution in [3.8, 4) is 0 Å². The summed E-state index contributed by atoms with van der Waals surface area (Å²) in [4.78, 5) is 19.7. The van der Waals surface area contributed by atoms with Crippen LogP contribution in [0.15, 0.2) is 41.3 Å². The van der Waals surface area contributed by atoms with E-state index in [-0.39, 0.29) is 5.91 Å². The maximum atomic E-state index is 11.9. The number of nitrogens with one attached hydrogen (secondary N) is 1. The third kappa shape index (κ3) is 3.01. The number of benzene rings is 1. The number of nitrogens with zero attached hydrogens (tertiary/aromatic N) is 2. The van der Waals surface area contributed by atoms with Gasteiger partial charge < -0.3 is 5.32 Å². The molecule has 0 bridgehead atoms. The number of amides is 1. The van der Waals surface area contributed by atoms with E-state index in [1.165, 1.54) is 18.6 Å². The molecule has 4 nitrogen and oxygen atoms in total. The fourth-order valence-electron chi connectivity index (χ4n) is 1.22. The maximum Gasteiger partial charge on any atom is 0.258 e. The Balaban J connectivity index is 2.23.